The maximum atomic E-state index is 11.3. The van der Waals surface area contributed by atoms with Gasteiger partial charge in [0, 0.05) is 20.3 Å². The zero-order chi connectivity index (χ0) is 10.0. The number of amides is 2. The molecule has 0 saturated carbocycles. The van der Waals surface area contributed by atoms with E-state index in [1.165, 1.54) is 29.1 Å². The molecule has 0 N–H and O–H groups in total. The first kappa shape index (κ1) is 9.24. The van der Waals surface area contributed by atoms with Gasteiger partial charge in [0.1, 0.15) is 5.70 Å². The van der Waals surface area contributed by atoms with Gasteiger partial charge in [-0.05, 0) is 6.08 Å². The van der Waals surface area contributed by atoms with Crippen LogP contribution in [0, 0.1) is 10.1 Å². The lowest BCUT2D eigenvalue weighted by molar-refractivity contribution is -0.404. The number of likely N-dealkylation sites (N-methyl/N-ethyl adjacent to an activating group) is 1. The summed E-state index contributed by atoms with van der Waals surface area (Å²) in [6.07, 6.45) is 3.78. The molecule has 0 aliphatic carbocycles. The van der Waals surface area contributed by atoms with E-state index in [4.69, 9.17) is 0 Å². The van der Waals surface area contributed by atoms with Gasteiger partial charge in [-0.25, -0.2) is 4.79 Å². The highest BCUT2D eigenvalue weighted by atomic mass is 16.6. The lowest BCUT2D eigenvalue weighted by Crippen LogP contribution is -2.38. The van der Waals surface area contributed by atoms with Crippen LogP contribution in [0.2, 0.25) is 0 Å². The van der Waals surface area contributed by atoms with Gasteiger partial charge >= 0.3 is 6.03 Å². The van der Waals surface area contributed by atoms with Crippen molar-refractivity contribution in [2.24, 2.45) is 0 Å². The molecule has 1 aliphatic heterocycles. The minimum absolute atomic E-state index is 0.271. The summed E-state index contributed by atoms with van der Waals surface area (Å²) in [5.41, 5.74) is 0.271. The van der Waals surface area contributed by atoms with Gasteiger partial charge in [-0.15, -0.1) is 0 Å². The number of carbonyl (C=O) groups is 1. The maximum Gasteiger partial charge on any atom is 0.328 e. The molecular weight excluding hydrogens is 174 g/mol. The highest BCUT2D eigenvalue weighted by molar-refractivity contribution is 5.78. The maximum absolute atomic E-state index is 11.3. The van der Waals surface area contributed by atoms with Gasteiger partial charge < -0.3 is 4.90 Å². The molecule has 0 aromatic rings. The van der Waals surface area contributed by atoms with Gasteiger partial charge in [0.25, 0.3) is 6.20 Å². The summed E-state index contributed by atoms with van der Waals surface area (Å²) in [4.78, 5) is 23.4. The minimum Gasteiger partial charge on any atom is -0.304 e. The van der Waals surface area contributed by atoms with Crippen molar-refractivity contribution in [1.82, 2.24) is 9.80 Å². The average Bonchev–Trinajstić information content (AvgIpc) is 2.06. The van der Waals surface area contributed by atoms with Crippen molar-refractivity contribution in [2.45, 2.75) is 0 Å². The second kappa shape index (κ2) is 3.26. The number of hydrogen-bond donors (Lipinski definition) is 0. The summed E-state index contributed by atoms with van der Waals surface area (Å²) < 4.78 is 0. The van der Waals surface area contributed by atoms with Gasteiger partial charge in [0.15, 0.2) is 0 Å². The van der Waals surface area contributed by atoms with E-state index in [0.29, 0.717) is 0 Å². The first-order valence-corrected chi connectivity index (χ1v) is 3.56. The first-order chi connectivity index (χ1) is 6.02. The Morgan fingerprint density at radius 1 is 1.54 bits per heavy atom. The standard InChI is InChI=1S/C7H9N3O3/c1-8-4-3-6(5-10(12)13)9(2)7(8)11/h3-5H,1-2H3/b6-5+. The summed E-state index contributed by atoms with van der Waals surface area (Å²) in [6, 6.07) is -0.296. The number of urea groups is 1. The van der Waals surface area contributed by atoms with Crippen LogP contribution in [0.3, 0.4) is 0 Å². The van der Waals surface area contributed by atoms with Crippen molar-refractivity contribution in [1.29, 1.82) is 0 Å². The molecule has 0 fully saturated rings. The fourth-order valence-electron chi connectivity index (χ4n) is 0.948. The van der Waals surface area contributed by atoms with Crippen LogP contribution in [0.4, 0.5) is 4.79 Å². The number of allylic oxidation sites excluding steroid dienone is 1. The number of hydrogen-bond acceptors (Lipinski definition) is 3. The van der Waals surface area contributed by atoms with Crippen molar-refractivity contribution in [3.8, 4) is 0 Å². The summed E-state index contributed by atoms with van der Waals surface area (Å²) in [5, 5.41) is 10.1. The van der Waals surface area contributed by atoms with Crippen LogP contribution < -0.4 is 0 Å². The Balaban J connectivity index is 2.97. The molecule has 13 heavy (non-hydrogen) atoms. The van der Waals surface area contributed by atoms with E-state index in [-0.39, 0.29) is 11.7 Å². The van der Waals surface area contributed by atoms with Crippen LogP contribution in [-0.4, -0.2) is 34.8 Å². The lowest BCUT2D eigenvalue weighted by Gasteiger charge is -2.25. The monoisotopic (exact) mass is 183 g/mol. The molecule has 0 aromatic carbocycles. The molecule has 0 aromatic heterocycles. The quantitative estimate of drug-likeness (QED) is 0.442. The summed E-state index contributed by atoms with van der Waals surface area (Å²) in [6.45, 7) is 0. The summed E-state index contributed by atoms with van der Waals surface area (Å²) in [7, 11) is 3.07. The second-order valence-electron chi connectivity index (χ2n) is 2.61. The molecule has 0 bridgehead atoms. The van der Waals surface area contributed by atoms with Gasteiger partial charge in [0.05, 0.1) is 4.92 Å². The Kier molecular flexibility index (Phi) is 2.32. The molecule has 1 rings (SSSR count). The number of rotatable bonds is 1. The Morgan fingerprint density at radius 3 is 2.69 bits per heavy atom. The highest BCUT2D eigenvalue weighted by Crippen LogP contribution is 2.12. The SMILES string of the molecule is CN1C=C/C(=C\[N+](=O)[O-])N(C)C1=O. The van der Waals surface area contributed by atoms with E-state index in [2.05, 4.69) is 0 Å². The molecule has 70 valence electrons. The van der Waals surface area contributed by atoms with E-state index in [1.807, 2.05) is 0 Å². The van der Waals surface area contributed by atoms with Crippen LogP contribution in [0.1, 0.15) is 0 Å². The number of carbonyl (C=O) groups excluding carboxylic acids is 1. The van der Waals surface area contributed by atoms with E-state index >= 15 is 0 Å². The Morgan fingerprint density at radius 2 is 2.15 bits per heavy atom. The van der Waals surface area contributed by atoms with Crippen LogP contribution in [-0.2, 0) is 0 Å². The predicted octanol–water partition coefficient (Wildman–Crippen LogP) is 0.615. The molecule has 6 nitrogen and oxygen atoms in total. The zero-order valence-corrected chi connectivity index (χ0v) is 7.30. The van der Waals surface area contributed by atoms with Crippen LogP contribution >= 0.6 is 0 Å². The van der Waals surface area contributed by atoms with E-state index in [0.717, 1.165) is 6.20 Å². The van der Waals surface area contributed by atoms with Gasteiger partial charge in [-0.2, -0.15) is 0 Å². The van der Waals surface area contributed by atoms with Crippen molar-refractivity contribution < 1.29 is 9.72 Å². The first-order valence-electron chi connectivity index (χ1n) is 3.56. The van der Waals surface area contributed by atoms with Crippen molar-refractivity contribution in [3.05, 3.63) is 34.3 Å². The Bertz CT molecular complexity index is 308. The van der Waals surface area contributed by atoms with Gasteiger partial charge in [0.2, 0.25) is 0 Å². The second-order valence-corrected chi connectivity index (χ2v) is 2.61. The fraction of sp³-hybridized carbons (Fsp3) is 0.286. The smallest absolute Gasteiger partial charge is 0.304 e. The van der Waals surface area contributed by atoms with Crippen LogP contribution in [0.15, 0.2) is 24.2 Å². The predicted molar refractivity (Wildman–Crippen MR) is 45.1 cm³/mol. The lowest BCUT2D eigenvalue weighted by atomic mass is 10.3. The molecule has 1 aliphatic rings. The van der Waals surface area contributed by atoms with Gasteiger partial charge in [-0.1, -0.05) is 0 Å². The molecular formula is C7H9N3O3. The third kappa shape index (κ3) is 1.84. The Hall–Kier alpha value is -1.85. The van der Waals surface area contributed by atoms with E-state index in [9.17, 15) is 14.9 Å². The summed E-state index contributed by atoms with van der Waals surface area (Å²) in [5.74, 6) is 0. The zero-order valence-electron chi connectivity index (χ0n) is 7.30. The molecule has 0 spiro atoms. The number of nitro groups is 1. The molecule has 6 heteroatoms. The fourth-order valence-corrected chi connectivity index (χ4v) is 0.948. The van der Waals surface area contributed by atoms with Gasteiger partial charge in [-0.3, -0.25) is 15.0 Å². The highest BCUT2D eigenvalue weighted by Gasteiger charge is 2.21. The van der Waals surface area contributed by atoms with Crippen molar-refractivity contribution >= 4 is 6.03 Å². The molecule has 0 unspecified atom stereocenters. The third-order valence-electron chi connectivity index (χ3n) is 1.68. The topological polar surface area (TPSA) is 66.7 Å². The van der Waals surface area contributed by atoms with E-state index in [1.54, 1.807) is 7.05 Å². The largest absolute Gasteiger partial charge is 0.328 e. The third-order valence-corrected chi connectivity index (χ3v) is 1.68. The van der Waals surface area contributed by atoms with Crippen LogP contribution in [0.25, 0.3) is 0 Å². The van der Waals surface area contributed by atoms with Crippen molar-refractivity contribution in [2.75, 3.05) is 14.1 Å². The molecule has 2 amide bonds. The van der Waals surface area contributed by atoms with Crippen molar-refractivity contribution in [3.63, 3.8) is 0 Å². The number of nitrogens with zero attached hydrogens (tertiary/aromatic N) is 3. The average molecular weight is 183 g/mol. The summed E-state index contributed by atoms with van der Waals surface area (Å²) >= 11 is 0. The molecule has 0 radical (unpaired) electrons. The molecule has 1 heterocycles. The molecule has 0 saturated heterocycles. The van der Waals surface area contributed by atoms with Crippen LogP contribution in [0.5, 0.6) is 0 Å². The Labute approximate surface area is 74.9 Å². The van der Waals surface area contributed by atoms with E-state index < -0.39 is 4.92 Å². The normalized spacial score (nSPS) is 19.8. The molecule has 0 atom stereocenters. The minimum atomic E-state index is -0.589.